The first-order valence-electron chi connectivity index (χ1n) is 7.64. The summed E-state index contributed by atoms with van der Waals surface area (Å²) in [5.41, 5.74) is 8.76. The van der Waals surface area contributed by atoms with Crippen LogP contribution in [-0.2, 0) is 0 Å². The monoisotopic (exact) mass is 366 g/mol. The number of rotatable bonds is 3. The number of benzene rings is 1. The molecule has 0 unspecified atom stereocenters. The number of H-pyrrole nitrogens is 1. The van der Waals surface area contributed by atoms with Gasteiger partial charge in [-0.05, 0) is 23.8 Å². The number of nitrogens with one attached hydrogen (secondary N) is 2. The molecular formula is C18H15ClN6O. The minimum Gasteiger partial charge on any atom is -0.383 e. The van der Waals surface area contributed by atoms with Crippen molar-refractivity contribution in [2.75, 3.05) is 11.1 Å². The van der Waals surface area contributed by atoms with Gasteiger partial charge in [-0.1, -0.05) is 30.3 Å². The lowest BCUT2D eigenvalue weighted by molar-refractivity contribution is 0.102. The van der Waals surface area contributed by atoms with E-state index in [0.717, 1.165) is 11.1 Å². The Morgan fingerprint density at radius 1 is 1.12 bits per heavy atom. The van der Waals surface area contributed by atoms with Gasteiger partial charge in [0.25, 0.3) is 5.91 Å². The number of carbonyl (C=O) groups is 1. The minimum absolute atomic E-state index is 0. The summed E-state index contributed by atoms with van der Waals surface area (Å²) in [5, 5.41) is 10.4. The highest BCUT2D eigenvalue weighted by Crippen LogP contribution is 2.30. The van der Waals surface area contributed by atoms with E-state index in [9.17, 15) is 4.79 Å². The van der Waals surface area contributed by atoms with Gasteiger partial charge in [0.05, 0.1) is 10.9 Å². The van der Waals surface area contributed by atoms with Crippen molar-refractivity contribution in [3.8, 4) is 11.1 Å². The molecule has 0 fully saturated rings. The lowest BCUT2D eigenvalue weighted by Crippen LogP contribution is -2.12. The van der Waals surface area contributed by atoms with Crippen LogP contribution in [-0.4, -0.2) is 26.1 Å². The summed E-state index contributed by atoms with van der Waals surface area (Å²) in [6.45, 7) is 0. The maximum atomic E-state index is 12.3. The molecule has 26 heavy (non-hydrogen) atoms. The van der Waals surface area contributed by atoms with E-state index in [-0.39, 0.29) is 18.3 Å². The Bertz CT molecular complexity index is 1050. The van der Waals surface area contributed by atoms with E-state index in [0.29, 0.717) is 28.2 Å². The Balaban J connectivity index is 0.00000196. The zero-order valence-corrected chi connectivity index (χ0v) is 14.3. The summed E-state index contributed by atoms with van der Waals surface area (Å²) < 4.78 is 0. The summed E-state index contributed by atoms with van der Waals surface area (Å²) in [5.74, 6) is 0.501. The number of hydrogen-bond donors (Lipinski definition) is 3. The molecule has 0 aliphatic heterocycles. The molecule has 8 heteroatoms. The van der Waals surface area contributed by atoms with Crippen LogP contribution < -0.4 is 11.1 Å². The van der Waals surface area contributed by atoms with Crippen LogP contribution in [0.4, 0.5) is 11.6 Å². The van der Waals surface area contributed by atoms with Crippen molar-refractivity contribution in [2.45, 2.75) is 0 Å². The van der Waals surface area contributed by atoms with Crippen LogP contribution in [0.25, 0.3) is 22.2 Å². The summed E-state index contributed by atoms with van der Waals surface area (Å²) in [7, 11) is 0. The van der Waals surface area contributed by atoms with Gasteiger partial charge in [-0.3, -0.25) is 14.9 Å². The molecule has 0 atom stereocenters. The average Bonchev–Trinajstić information content (AvgIpc) is 3.04. The van der Waals surface area contributed by atoms with Crippen molar-refractivity contribution in [1.29, 1.82) is 0 Å². The molecule has 0 saturated heterocycles. The van der Waals surface area contributed by atoms with E-state index >= 15 is 0 Å². The second-order valence-corrected chi connectivity index (χ2v) is 5.45. The van der Waals surface area contributed by atoms with Gasteiger partial charge in [-0.2, -0.15) is 5.10 Å². The van der Waals surface area contributed by atoms with Crippen molar-refractivity contribution < 1.29 is 4.79 Å². The molecule has 4 N–H and O–H groups in total. The molecule has 0 aliphatic rings. The number of aromatic amines is 1. The molecule has 1 aromatic carbocycles. The standard InChI is InChI=1S/C18H14N6O.ClH/c19-15-13(11-5-2-1-3-6-11)9-14-16(21-15)23-24-17(14)22-18(25)12-7-4-8-20-10-12;/h1-10H,(H4,19,21,22,23,24,25);1H. The molecule has 0 saturated carbocycles. The molecule has 3 aromatic heterocycles. The third-order valence-corrected chi connectivity index (χ3v) is 3.82. The zero-order valence-electron chi connectivity index (χ0n) is 13.5. The van der Waals surface area contributed by atoms with Gasteiger partial charge in [0.2, 0.25) is 0 Å². The second-order valence-electron chi connectivity index (χ2n) is 5.45. The van der Waals surface area contributed by atoms with Crippen LogP contribution in [0.15, 0.2) is 60.9 Å². The van der Waals surface area contributed by atoms with E-state index in [4.69, 9.17) is 5.73 Å². The van der Waals surface area contributed by atoms with E-state index in [1.165, 1.54) is 6.20 Å². The number of pyridine rings is 2. The quantitative estimate of drug-likeness (QED) is 0.515. The molecular weight excluding hydrogens is 352 g/mol. The minimum atomic E-state index is -0.292. The van der Waals surface area contributed by atoms with Gasteiger partial charge in [0, 0.05) is 18.0 Å². The fraction of sp³-hybridized carbons (Fsp3) is 0. The van der Waals surface area contributed by atoms with Crippen LogP contribution in [0.1, 0.15) is 10.4 Å². The molecule has 0 aliphatic carbocycles. The number of halogens is 1. The normalized spacial score (nSPS) is 10.3. The maximum absolute atomic E-state index is 12.3. The fourth-order valence-electron chi connectivity index (χ4n) is 2.58. The second kappa shape index (κ2) is 7.20. The zero-order chi connectivity index (χ0) is 17.2. The summed E-state index contributed by atoms with van der Waals surface area (Å²) in [6.07, 6.45) is 3.11. The Morgan fingerprint density at radius 3 is 2.65 bits per heavy atom. The van der Waals surface area contributed by atoms with Gasteiger partial charge < -0.3 is 11.1 Å². The number of hydrogen-bond acceptors (Lipinski definition) is 5. The number of amides is 1. The van der Waals surface area contributed by atoms with Gasteiger partial charge in [-0.25, -0.2) is 4.98 Å². The van der Waals surface area contributed by atoms with E-state index in [1.54, 1.807) is 18.3 Å². The van der Waals surface area contributed by atoms with Gasteiger partial charge in [0.15, 0.2) is 11.5 Å². The molecule has 0 radical (unpaired) electrons. The maximum Gasteiger partial charge on any atom is 0.258 e. The number of nitrogens with two attached hydrogens (primary N) is 1. The van der Waals surface area contributed by atoms with Gasteiger partial charge in [-0.15, -0.1) is 12.4 Å². The molecule has 4 rings (SSSR count). The van der Waals surface area contributed by atoms with Crippen LogP contribution >= 0.6 is 12.4 Å². The smallest absolute Gasteiger partial charge is 0.258 e. The van der Waals surface area contributed by atoms with E-state index in [1.807, 2.05) is 36.4 Å². The molecule has 0 spiro atoms. The third-order valence-electron chi connectivity index (χ3n) is 3.82. The first kappa shape index (κ1) is 17.4. The van der Waals surface area contributed by atoms with Crippen LogP contribution in [0.3, 0.4) is 0 Å². The number of anilines is 2. The lowest BCUT2D eigenvalue weighted by atomic mass is 10.1. The highest BCUT2D eigenvalue weighted by atomic mass is 35.5. The van der Waals surface area contributed by atoms with Crippen LogP contribution in [0.5, 0.6) is 0 Å². The molecule has 4 aromatic rings. The third kappa shape index (κ3) is 3.20. The number of nitrogens with zero attached hydrogens (tertiary/aromatic N) is 3. The molecule has 3 heterocycles. The van der Waals surface area contributed by atoms with Crippen molar-refractivity contribution in [1.82, 2.24) is 20.2 Å². The highest BCUT2D eigenvalue weighted by Gasteiger charge is 2.15. The predicted octanol–water partition coefficient (Wildman–Crippen LogP) is 3.28. The topological polar surface area (TPSA) is 110 Å². The first-order valence-corrected chi connectivity index (χ1v) is 7.64. The molecule has 130 valence electrons. The molecule has 7 nitrogen and oxygen atoms in total. The van der Waals surface area contributed by atoms with Crippen molar-refractivity contribution in [3.63, 3.8) is 0 Å². The Labute approximate surface area is 155 Å². The highest BCUT2D eigenvalue weighted by molar-refractivity contribution is 6.08. The van der Waals surface area contributed by atoms with Crippen molar-refractivity contribution in [3.05, 3.63) is 66.5 Å². The summed E-state index contributed by atoms with van der Waals surface area (Å²) in [6, 6.07) is 15.0. The van der Waals surface area contributed by atoms with Gasteiger partial charge >= 0.3 is 0 Å². The van der Waals surface area contributed by atoms with Crippen LogP contribution in [0.2, 0.25) is 0 Å². The molecule has 0 bridgehead atoms. The van der Waals surface area contributed by atoms with E-state index in [2.05, 4.69) is 25.5 Å². The Morgan fingerprint density at radius 2 is 1.92 bits per heavy atom. The number of fused-ring (bicyclic) bond motifs is 1. The number of nitrogen functional groups attached to an aromatic ring is 1. The fourth-order valence-corrected chi connectivity index (χ4v) is 2.58. The Hall–Kier alpha value is -3.45. The Kier molecular flexibility index (Phi) is 4.81. The largest absolute Gasteiger partial charge is 0.383 e. The SMILES string of the molecule is Cl.Nc1nc2[nH]nc(NC(=O)c3cccnc3)c2cc1-c1ccccc1. The lowest BCUT2D eigenvalue weighted by Gasteiger charge is -2.06. The number of aromatic nitrogens is 4. The number of carbonyl (C=O) groups excluding carboxylic acids is 1. The van der Waals surface area contributed by atoms with Gasteiger partial charge in [0.1, 0.15) is 5.82 Å². The summed E-state index contributed by atoms with van der Waals surface area (Å²) >= 11 is 0. The van der Waals surface area contributed by atoms with Crippen molar-refractivity contribution >= 4 is 41.0 Å². The summed E-state index contributed by atoms with van der Waals surface area (Å²) in [4.78, 5) is 20.6. The molecule has 1 amide bonds. The van der Waals surface area contributed by atoms with Crippen LogP contribution in [0, 0.1) is 0 Å². The van der Waals surface area contributed by atoms with Crippen molar-refractivity contribution in [2.24, 2.45) is 0 Å². The first-order chi connectivity index (χ1) is 12.2. The average molecular weight is 367 g/mol. The predicted molar refractivity (Wildman–Crippen MR) is 103 cm³/mol. The van der Waals surface area contributed by atoms with E-state index < -0.39 is 0 Å².